The lowest BCUT2D eigenvalue weighted by molar-refractivity contribution is -0.119. The van der Waals surface area contributed by atoms with Crippen LogP contribution in [0.15, 0.2) is 30.3 Å². The minimum absolute atomic E-state index is 0. The molecule has 8 N–H and O–H groups in total. The summed E-state index contributed by atoms with van der Waals surface area (Å²) in [4.78, 5) is 10.3. The Morgan fingerprint density at radius 3 is 1.94 bits per heavy atom. The lowest BCUT2D eigenvalue weighted by atomic mass is 10.0. The molecule has 2 rings (SSSR count). The van der Waals surface area contributed by atoms with Gasteiger partial charge < -0.3 is 41.9 Å². The molecule has 12 heteroatoms. The van der Waals surface area contributed by atoms with Crippen molar-refractivity contribution in [3.63, 3.8) is 0 Å². The predicted octanol–water partition coefficient (Wildman–Crippen LogP) is 2.75. The molecule has 0 aliphatic heterocycles. The first kappa shape index (κ1) is 34.8. The number of nitrogens with two attached hydrogens (primary N) is 4. The number of amides is 1. The summed E-state index contributed by atoms with van der Waals surface area (Å²) in [6, 6.07) is 10.4. The third-order valence-electron chi connectivity index (χ3n) is 4.75. The van der Waals surface area contributed by atoms with E-state index >= 15 is 0 Å². The Kier molecular flexibility index (Phi) is 17.4. The van der Waals surface area contributed by atoms with Gasteiger partial charge in [0.05, 0.1) is 51.8 Å². The van der Waals surface area contributed by atoms with Gasteiger partial charge in [-0.05, 0) is 60.9 Å². The Balaban J connectivity index is 0. The molecule has 1 amide bonds. The lowest BCUT2D eigenvalue weighted by Gasteiger charge is -2.14. The quantitative estimate of drug-likeness (QED) is 0.199. The van der Waals surface area contributed by atoms with E-state index in [-0.39, 0.29) is 24.8 Å². The fourth-order valence-electron chi connectivity index (χ4n) is 2.91. The van der Waals surface area contributed by atoms with E-state index in [0.717, 1.165) is 12.0 Å². The minimum Gasteiger partial charge on any atom is -0.495 e. The molecular weight excluding hydrogens is 509 g/mol. The number of carbonyl (C=O) groups excluding carboxylic acids is 1. The highest BCUT2D eigenvalue weighted by Gasteiger charge is 2.15. The van der Waals surface area contributed by atoms with Crippen LogP contribution in [0.5, 0.6) is 23.0 Å². The number of primary amides is 1. The maximum atomic E-state index is 10.3. The van der Waals surface area contributed by atoms with Crippen LogP contribution in [-0.4, -0.2) is 46.9 Å². The highest BCUT2D eigenvalue weighted by molar-refractivity contribution is 5.91. The largest absolute Gasteiger partial charge is 0.495 e. The van der Waals surface area contributed by atoms with E-state index in [1.54, 1.807) is 37.5 Å². The van der Waals surface area contributed by atoms with Gasteiger partial charge in [-0.15, -0.1) is 24.8 Å². The molecule has 1 atom stereocenters. The zero-order valence-corrected chi connectivity index (χ0v) is 22.4. The van der Waals surface area contributed by atoms with Gasteiger partial charge in [0.2, 0.25) is 11.7 Å². The van der Waals surface area contributed by atoms with Crippen molar-refractivity contribution >= 4 is 48.1 Å². The number of nitrogen functional groups attached to an aromatic ring is 1. The maximum Gasteiger partial charge on any atom is 0.234 e. The molecule has 200 valence electrons. The van der Waals surface area contributed by atoms with Crippen LogP contribution in [0.4, 0.5) is 5.69 Å². The number of halogens is 2. The number of hydrogen-bond donors (Lipinski definition) is 4. The zero-order valence-electron chi connectivity index (χ0n) is 20.8. The number of benzene rings is 2. The molecule has 0 saturated heterocycles. The lowest BCUT2D eigenvalue weighted by Crippen LogP contribution is -2.36. The third-order valence-corrected chi connectivity index (χ3v) is 4.75. The first-order chi connectivity index (χ1) is 16.3. The predicted molar refractivity (Wildman–Crippen MR) is 147 cm³/mol. The normalized spacial score (nSPS) is 10.8. The summed E-state index contributed by atoms with van der Waals surface area (Å²) >= 11 is 0. The summed E-state index contributed by atoms with van der Waals surface area (Å²) in [5.41, 5.74) is 23.6. The van der Waals surface area contributed by atoms with Crippen LogP contribution in [0.1, 0.15) is 24.0 Å². The SMILES string of the molecule is COc1ccc(/C=C(/C#N)c2cc(OC)c(OC)c(OC)c2)cc1N.Cl.Cl.NCCC[C@H](N)C(N)=O. The summed E-state index contributed by atoms with van der Waals surface area (Å²) in [7, 11) is 6.14. The van der Waals surface area contributed by atoms with Crippen LogP contribution in [0.3, 0.4) is 0 Å². The highest BCUT2D eigenvalue weighted by atomic mass is 35.5. The molecule has 0 spiro atoms. The molecule has 2 aromatic rings. The Labute approximate surface area is 224 Å². The number of nitrogens with zero attached hydrogens (tertiary/aromatic N) is 1. The molecule has 0 aliphatic rings. The molecule has 2 aromatic carbocycles. The van der Waals surface area contributed by atoms with E-state index < -0.39 is 11.9 Å². The molecule has 36 heavy (non-hydrogen) atoms. The van der Waals surface area contributed by atoms with Gasteiger partial charge in [-0.25, -0.2) is 0 Å². The molecule has 0 aromatic heterocycles. The van der Waals surface area contributed by atoms with Gasteiger partial charge in [-0.2, -0.15) is 5.26 Å². The molecule has 0 saturated carbocycles. The van der Waals surface area contributed by atoms with Crippen LogP contribution in [0.2, 0.25) is 0 Å². The minimum atomic E-state index is -0.520. The molecular formula is C24H35Cl2N5O5. The van der Waals surface area contributed by atoms with Crippen LogP contribution >= 0.6 is 24.8 Å². The van der Waals surface area contributed by atoms with E-state index in [1.165, 1.54) is 21.3 Å². The number of ether oxygens (including phenoxy) is 4. The van der Waals surface area contributed by atoms with E-state index in [0.29, 0.717) is 52.8 Å². The Bertz CT molecular complexity index is 1020. The topological polar surface area (TPSA) is 182 Å². The molecule has 0 aliphatic carbocycles. The van der Waals surface area contributed by atoms with Gasteiger partial charge >= 0.3 is 0 Å². The van der Waals surface area contributed by atoms with Crippen molar-refractivity contribution in [3.8, 4) is 29.1 Å². The zero-order chi connectivity index (χ0) is 25.7. The summed E-state index contributed by atoms with van der Waals surface area (Å²) in [6.07, 6.45) is 3.08. The molecule has 10 nitrogen and oxygen atoms in total. The number of methoxy groups -OCH3 is 4. The number of allylic oxidation sites excluding steroid dienone is 1. The molecule has 0 heterocycles. The number of nitriles is 1. The van der Waals surface area contributed by atoms with E-state index in [1.807, 2.05) is 6.07 Å². The highest BCUT2D eigenvalue weighted by Crippen LogP contribution is 2.40. The van der Waals surface area contributed by atoms with Crippen molar-refractivity contribution in [2.75, 3.05) is 40.7 Å². The number of hydrogen-bond acceptors (Lipinski definition) is 9. The second kappa shape index (κ2) is 18.0. The molecule has 0 fully saturated rings. The fourth-order valence-corrected chi connectivity index (χ4v) is 2.91. The Morgan fingerprint density at radius 1 is 1.00 bits per heavy atom. The van der Waals surface area contributed by atoms with Crippen molar-refractivity contribution < 1.29 is 23.7 Å². The van der Waals surface area contributed by atoms with Crippen LogP contribution in [-0.2, 0) is 4.79 Å². The Hall–Kier alpha value is -3.36. The van der Waals surface area contributed by atoms with Gasteiger partial charge in [-0.1, -0.05) is 6.07 Å². The Morgan fingerprint density at radius 2 is 1.56 bits per heavy atom. The van der Waals surface area contributed by atoms with E-state index in [9.17, 15) is 10.1 Å². The van der Waals surface area contributed by atoms with E-state index in [4.69, 9.17) is 41.9 Å². The first-order valence-corrected chi connectivity index (χ1v) is 10.4. The van der Waals surface area contributed by atoms with Crippen molar-refractivity contribution in [1.82, 2.24) is 0 Å². The number of carbonyl (C=O) groups is 1. The average molecular weight is 544 g/mol. The van der Waals surface area contributed by atoms with Gasteiger partial charge in [0.15, 0.2) is 11.5 Å². The van der Waals surface area contributed by atoms with Gasteiger partial charge in [0.1, 0.15) is 5.75 Å². The van der Waals surface area contributed by atoms with Crippen molar-refractivity contribution in [1.29, 1.82) is 5.26 Å². The second-order valence-electron chi connectivity index (χ2n) is 7.02. The van der Waals surface area contributed by atoms with Crippen LogP contribution < -0.4 is 41.9 Å². The average Bonchev–Trinajstić information content (AvgIpc) is 2.85. The van der Waals surface area contributed by atoms with Crippen LogP contribution in [0.25, 0.3) is 11.6 Å². The van der Waals surface area contributed by atoms with Gasteiger partial charge in [-0.3, -0.25) is 4.79 Å². The van der Waals surface area contributed by atoms with Gasteiger partial charge in [0.25, 0.3) is 0 Å². The standard InChI is InChI=1S/C19H20N2O4.C5H13N3O.2ClH/c1-22-16-6-5-12(8-15(16)21)7-14(11-20)13-9-17(23-2)19(25-4)18(10-13)24-3;6-3-1-2-4(7)5(8)9;;/h5-10H,21H2,1-4H3;4H,1-3,6-7H2,(H2,8,9);2*1H/b14-7-;;;/t;4-;;/m.0../s1. The van der Waals surface area contributed by atoms with Gasteiger partial charge in [0, 0.05) is 0 Å². The summed E-state index contributed by atoms with van der Waals surface area (Å²) in [5.74, 6) is 1.56. The van der Waals surface area contributed by atoms with Crippen molar-refractivity contribution in [2.45, 2.75) is 18.9 Å². The van der Waals surface area contributed by atoms with E-state index in [2.05, 4.69) is 6.07 Å². The molecule has 0 bridgehead atoms. The first-order valence-electron chi connectivity index (χ1n) is 10.4. The number of anilines is 1. The van der Waals surface area contributed by atoms with Crippen molar-refractivity contribution in [2.24, 2.45) is 17.2 Å². The molecule has 0 unspecified atom stereocenters. The summed E-state index contributed by atoms with van der Waals surface area (Å²) in [6.45, 7) is 0.557. The maximum absolute atomic E-state index is 10.3. The number of rotatable bonds is 10. The fraction of sp³-hybridized carbons (Fsp3) is 0.333. The molecule has 0 radical (unpaired) electrons. The smallest absolute Gasteiger partial charge is 0.234 e. The summed E-state index contributed by atoms with van der Waals surface area (Å²) < 4.78 is 21.1. The monoisotopic (exact) mass is 543 g/mol. The van der Waals surface area contributed by atoms with Crippen molar-refractivity contribution in [3.05, 3.63) is 41.5 Å². The third kappa shape index (κ3) is 10.1. The second-order valence-corrected chi connectivity index (χ2v) is 7.02. The summed E-state index contributed by atoms with van der Waals surface area (Å²) in [5, 5.41) is 9.58. The van der Waals surface area contributed by atoms with Crippen LogP contribution in [0, 0.1) is 11.3 Å².